The summed E-state index contributed by atoms with van der Waals surface area (Å²) in [5.74, 6) is -0.287. The van der Waals surface area contributed by atoms with Crippen molar-refractivity contribution in [2.75, 3.05) is 10.6 Å². The molecule has 2 amide bonds. The summed E-state index contributed by atoms with van der Waals surface area (Å²) in [6.45, 7) is 0. The molecule has 2 aromatic carbocycles. The lowest BCUT2D eigenvalue weighted by Gasteiger charge is -2.08. The van der Waals surface area contributed by atoms with Crippen molar-refractivity contribution in [1.29, 1.82) is 0 Å². The molecular weight excluding hydrogens is 321 g/mol. The quantitative estimate of drug-likeness (QED) is 0.665. The first kappa shape index (κ1) is 15.1. The Hall–Kier alpha value is -2.86. The Kier molecular flexibility index (Phi) is 3.99. The highest BCUT2D eigenvalue weighted by atomic mass is 35.5. The number of aromatic amines is 1. The largest absolute Gasteiger partial charge is 0.341 e. The first-order valence-electron chi connectivity index (χ1n) is 6.67. The Morgan fingerprint density at radius 2 is 1.78 bits per heavy atom. The van der Waals surface area contributed by atoms with Crippen LogP contribution < -0.4 is 16.1 Å². The Bertz CT molecular complexity index is 938. The van der Waals surface area contributed by atoms with Crippen molar-refractivity contribution >= 4 is 40.0 Å². The number of benzene rings is 2. The van der Waals surface area contributed by atoms with Crippen LogP contribution in [-0.2, 0) is 0 Å². The number of fused-ring (bicyclic) bond motifs is 1. The molecule has 0 bridgehead atoms. The van der Waals surface area contributed by atoms with Gasteiger partial charge >= 0.3 is 6.03 Å². The lowest BCUT2D eigenvalue weighted by atomic mass is 10.2. The number of hydrogen-bond acceptors (Lipinski definition) is 2. The molecule has 1 aromatic heterocycles. The molecule has 0 aliphatic carbocycles. The minimum absolute atomic E-state index is 0.209. The highest BCUT2D eigenvalue weighted by Crippen LogP contribution is 2.15. The van der Waals surface area contributed by atoms with Crippen molar-refractivity contribution < 1.29 is 9.18 Å². The normalized spacial score (nSPS) is 10.5. The Labute approximate surface area is 135 Å². The molecule has 3 rings (SSSR count). The summed E-state index contributed by atoms with van der Waals surface area (Å²) in [6, 6.07) is 11.1. The molecule has 5 nitrogen and oxygen atoms in total. The number of carbonyl (C=O) groups excluding carboxylic acids is 1. The van der Waals surface area contributed by atoms with Gasteiger partial charge in [-0.3, -0.25) is 10.1 Å². The zero-order chi connectivity index (χ0) is 16.4. The summed E-state index contributed by atoms with van der Waals surface area (Å²) in [5.41, 5.74) is 0.595. The molecule has 3 N–H and O–H groups in total. The van der Waals surface area contributed by atoms with E-state index in [-0.39, 0.29) is 16.6 Å². The molecule has 116 valence electrons. The van der Waals surface area contributed by atoms with Gasteiger partial charge in [0.15, 0.2) is 5.43 Å². The van der Waals surface area contributed by atoms with Crippen LogP contribution in [0, 0.1) is 5.82 Å². The highest BCUT2D eigenvalue weighted by molar-refractivity contribution is 6.30. The number of anilines is 2. The number of urea groups is 1. The van der Waals surface area contributed by atoms with E-state index in [1.54, 1.807) is 24.3 Å². The van der Waals surface area contributed by atoms with E-state index in [0.717, 1.165) is 6.07 Å². The van der Waals surface area contributed by atoms with E-state index in [9.17, 15) is 14.0 Å². The van der Waals surface area contributed by atoms with Gasteiger partial charge in [0.2, 0.25) is 0 Å². The van der Waals surface area contributed by atoms with Crippen molar-refractivity contribution in [3.05, 3.63) is 69.6 Å². The first-order chi connectivity index (χ1) is 11.0. The van der Waals surface area contributed by atoms with Crippen molar-refractivity contribution in [3.8, 4) is 0 Å². The molecule has 0 atom stereocenters. The third-order valence-electron chi connectivity index (χ3n) is 3.14. The number of halogens is 2. The number of carbonyl (C=O) groups is 1. The number of aromatic nitrogens is 1. The number of H-pyrrole nitrogens is 1. The van der Waals surface area contributed by atoms with Gasteiger partial charge in [-0.05, 0) is 42.5 Å². The van der Waals surface area contributed by atoms with Crippen molar-refractivity contribution in [2.45, 2.75) is 0 Å². The van der Waals surface area contributed by atoms with Crippen molar-refractivity contribution in [1.82, 2.24) is 4.98 Å². The topological polar surface area (TPSA) is 74.0 Å². The molecule has 3 aromatic rings. The van der Waals surface area contributed by atoms with Gasteiger partial charge in [0.05, 0.1) is 5.52 Å². The van der Waals surface area contributed by atoms with E-state index in [0.29, 0.717) is 16.2 Å². The van der Waals surface area contributed by atoms with Gasteiger partial charge in [0.1, 0.15) is 11.6 Å². The van der Waals surface area contributed by atoms with Gasteiger partial charge in [0.25, 0.3) is 0 Å². The summed E-state index contributed by atoms with van der Waals surface area (Å²) >= 11 is 5.77. The Morgan fingerprint density at radius 3 is 2.52 bits per heavy atom. The van der Waals surface area contributed by atoms with Crippen LogP contribution in [0.4, 0.5) is 20.7 Å². The second-order valence-electron chi connectivity index (χ2n) is 4.82. The first-order valence-corrected chi connectivity index (χ1v) is 7.05. The fourth-order valence-electron chi connectivity index (χ4n) is 2.10. The van der Waals surface area contributed by atoms with Gasteiger partial charge in [0, 0.05) is 22.2 Å². The number of rotatable bonds is 2. The zero-order valence-electron chi connectivity index (χ0n) is 11.7. The summed E-state index contributed by atoms with van der Waals surface area (Å²) in [7, 11) is 0. The van der Waals surface area contributed by atoms with Crippen LogP contribution in [0.25, 0.3) is 10.9 Å². The smallest absolute Gasteiger partial charge is 0.324 e. The van der Waals surface area contributed by atoms with Crippen molar-refractivity contribution in [2.24, 2.45) is 0 Å². The standard InChI is InChI=1S/C16H11ClFN3O2/c17-9-1-4-11(5-2-9)19-16(23)21-15-8-14(22)12-7-10(18)3-6-13(12)20-15/h1-8H,(H3,19,20,21,22,23). The maximum atomic E-state index is 13.2. The van der Waals surface area contributed by atoms with E-state index in [2.05, 4.69) is 15.6 Å². The molecule has 0 aliphatic rings. The molecule has 0 aliphatic heterocycles. The third kappa shape index (κ3) is 3.49. The number of nitrogens with one attached hydrogen (secondary N) is 3. The van der Waals surface area contributed by atoms with E-state index in [1.807, 2.05) is 0 Å². The molecule has 0 fully saturated rings. The lowest BCUT2D eigenvalue weighted by Crippen LogP contribution is -2.21. The maximum Gasteiger partial charge on any atom is 0.324 e. The van der Waals surface area contributed by atoms with Crippen LogP contribution in [0.15, 0.2) is 53.3 Å². The fourth-order valence-corrected chi connectivity index (χ4v) is 2.23. The average Bonchev–Trinajstić information content (AvgIpc) is 2.50. The molecular formula is C16H11ClFN3O2. The van der Waals surface area contributed by atoms with Crippen LogP contribution >= 0.6 is 11.6 Å². The molecule has 0 saturated heterocycles. The van der Waals surface area contributed by atoms with Gasteiger partial charge in [-0.25, -0.2) is 9.18 Å². The van der Waals surface area contributed by atoms with Gasteiger partial charge in [-0.1, -0.05) is 11.6 Å². The average molecular weight is 332 g/mol. The van der Waals surface area contributed by atoms with E-state index in [1.165, 1.54) is 18.2 Å². The highest BCUT2D eigenvalue weighted by Gasteiger charge is 2.07. The Balaban J connectivity index is 1.81. The van der Waals surface area contributed by atoms with Crippen LogP contribution in [0.2, 0.25) is 5.02 Å². The van der Waals surface area contributed by atoms with E-state index >= 15 is 0 Å². The fraction of sp³-hybridized carbons (Fsp3) is 0. The van der Waals surface area contributed by atoms with Gasteiger partial charge in [-0.15, -0.1) is 0 Å². The third-order valence-corrected chi connectivity index (χ3v) is 3.39. The molecule has 0 unspecified atom stereocenters. The number of amides is 2. The van der Waals surface area contributed by atoms with Gasteiger partial charge < -0.3 is 10.3 Å². The molecule has 7 heteroatoms. The molecule has 23 heavy (non-hydrogen) atoms. The van der Waals surface area contributed by atoms with E-state index in [4.69, 9.17) is 11.6 Å². The minimum Gasteiger partial charge on any atom is -0.341 e. The van der Waals surface area contributed by atoms with Crippen LogP contribution in [0.1, 0.15) is 0 Å². The summed E-state index contributed by atoms with van der Waals surface area (Å²) < 4.78 is 13.2. The van der Waals surface area contributed by atoms with Crippen molar-refractivity contribution in [3.63, 3.8) is 0 Å². The molecule has 1 heterocycles. The second-order valence-corrected chi connectivity index (χ2v) is 5.26. The molecule has 0 radical (unpaired) electrons. The second kappa shape index (κ2) is 6.10. The van der Waals surface area contributed by atoms with Crippen LogP contribution in [0.3, 0.4) is 0 Å². The molecule has 0 spiro atoms. The van der Waals surface area contributed by atoms with Gasteiger partial charge in [-0.2, -0.15) is 0 Å². The minimum atomic E-state index is -0.524. The zero-order valence-corrected chi connectivity index (χ0v) is 12.4. The van der Waals surface area contributed by atoms with Crippen LogP contribution in [-0.4, -0.2) is 11.0 Å². The SMILES string of the molecule is O=C(Nc1ccc(Cl)cc1)Nc1cc(=O)c2cc(F)ccc2[nH]1. The summed E-state index contributed by atoms with van der Waals surface area (Å²) in [5, 5.41) is 5.90. The summed E-state index contributed by atoms with van der Waals surface area (Å²) in [6.07, 6.45) is 0. The summed E-state index contributed by atoms with van der Waals surface area (Å²) in [4.78, 5) is 26.7. The molecule has 0 saturated carbocycles. The lowest BCUT2D eigenvalue weighted by molar-refractivity contribution is 0.262. The number of hydrogen-bond donors (Lipinski definition) is 3. The predicted octanol–water partition coefficient (Wildman–Crippen LogP) is 3.96. The van der Waals surface area contributed by atoms with Crippen LogP contribution in [0.5, 0.6) is 0 Å². The number of pyridine rings is 1. The predicted molar refractivity (Wildman–Crippen MR) is 88.6 cm³/mol. The van der Waals surface area contributed by atoms with E-state index < -0.39 is 11.8 Å². The monoisotopic (exact) mass is 331 g/mol. The maximum absolute atomic E-state index is 13.2. The Morgan fingerprint density at radius 1 is 1.04 bits per heavy atom.